The highest BCUT2D eigenvalue weighted by atomic mass is 32.1. The minimum absolute atomic E-state index is 0.153. The summed E-state index contributed by atoms with van der Waals surface area (Å²) in [6.45, 7) is 5.01. The van der Waals surface area contributed by atoms with Crippen molar-refractivity contribution in [2.45, 2.75) is 25.8 Å². The van der Waals surface area contributed by atoms with Gasteiger partial charge in [0.25, 0.3) is 0 Å². The lowest BCUT2D eigenvalue weighted by molar-refractivity contribution is -0.133. The van der Waals surface area contributed by atoms with Crippen molar-refractivity contribution < 1.29 is 14.1 Å². The Balaban J connectivity index is 1.08. The summed E-state index contributed by atoms with van der Waals surface area (Å²) in [6.07, 6.45) is 1.88. The van der Waals surface area contributed by atoms with Gasteiger partial charge in [0, 0.05) is 52.0 Å². The third-order valence-corrected chi connectivity index (χ3v) is 6.51. The van der Waals surface area contributed by atoms with Crippen LogP contribution < -0.4 is 4.74 Å². The maximum Gasteiger partial charge on any atom is 0.227 e. The second-order valence-corrected chi connectivity index (χ2v) is 8.63. The van der Waals surface area contributed by atoms with Gasteiger partial charge >= 0.3 is 0 Å². The van der Waals surface area contributed by atoms with E-state index in [4.69, 9.17) is 9.26 Å². The fourth-order valence-corrected chi connectivity index (χ4v) is 4.64. The van der Waals surface area contributed by atoms with Crippen LogP contribution in [0.5, 0.6) is 5.75 Å². The lowest BCUT2D eigenvalue weighted by Crippen LogP contribution is -2.48. The molecule has 0 bridgehead atoms. The quantitative estimate of drug-likeness (QED) is 0.606. The number of aromatic nitrogens is 2. The molecule has 30 heavy (non-hydrogen) atoms. The van der Waals surface area contributed by atoms with Gasteiger partial charge in [-0.3, -0.25) is 9.69 Å². The molecule has 0 radical (unpaired) electrons. The van der Waals surface area contributed by atoms with Gasteiger partial charge in [0.2, 0.25) is 17.6 Å². The summed E-state index contributed by atoms with van der Waals surface area (Å²) < 4.78 is 10.9. The van der Waals surface area contributed by atoms with Gasteiger partial charge in [-0.15, -0.1) is 11.3 Å². The average molecular weight is 425 g/mol. The Bertz CT molecular complexity index is 1010. The molecule has 2 aromatic heterocycles. The van der Waals surface area contributed by atoms with Gasteiger partial charge in [-0.25, -0.2) is 0 Å². The van der Waals surface area contributed by atoms with Crippen LogP contribution in [0.25, 0.3) is 10.7 Å². The van der Waals surface area contributed by atoms with Gasteiger partial charge in [-0.1, -0.05) is 23.4 Å². The van der Waals surface area contributed by atoms with E-state index in [2.05, 4.69) is 33.2 Å². The molecule has 8 heteroatoms. The molecule has 0 saturated carbocycles. The predicted molar refractivity (Wildman–Crippen MR) is 113 cm³/mol. The van der Waals surface area contributed by atoms with Gasteiger partial charge < -0.3 is 14.2 Å². The molecule has 1 fully saturated rings. The number of carbonyl (C=O) groups is 1. The number of piperazine rings is 1. The van der Waals surface area contributed by atoms with Gasteiger partial charge in [-0.2, -0.15) is 4.98 Å². The van der Waals surface area contributed by atoms with Crippen LogP contribution >= 0.6 is 11.3 Å². The number of rotatable bonds is 6. The molecule has 1 aromatic carbocycles. The van der Waals surface area contributed by atoms with Gasteiger partial charge in [0.1, 0.15) is 5.75 Å². The average Bonchev–Trinajstić information content (AvgIpc) is 3.53. The normalized spacial score (nSPS) is 16.5. The first kappa shape index (κ1) is 19.3. The van der Waals surface area contributed by atoms with Crippen molar-refractivity contribution in [2.75, 3.05) is 32.8 Å². The zero-order valence-corrected chi connectivity index (χ0v) is 17.6. The molecule has 156 valence electrons. The SMILES string of the molecule is O=C(CCc1nc(-c2cccs2)no1)N1CCN(Cc2ccc3c(c2)CCO3)CC1. The lowest BCUT2D eigenvalue weighted by atomic mass is 10.1. The highest BCUT2D eigenvalue weighted by Crippen LogP contribution is 2.26. The van der Waals surface area contributed by atoms with Crippen LogP contribution in [0.4, 0.5) is 0 Å². The number of hydrogen-bond donors (Lipinski definition) is 0. The molecule has 2 aliphatic rings. The van der Waals surface area contributed by atoms with E-state index in [1.807, 2.05) is 22.4 Å². The van der Waals surface area contributed by atoms with E-state index >= 15 is 0 Å². The van der Waals surface area contributed by atoms with Crippen LogP contribution in [0.15, 0.2) is 40.2 Å². The summed E-state index contributed by atoms with van der Waals surface area (Å²) in [5.41, 5.74) is 2.63. The van der Waals surface area contributed by atoms with E-state index in [9.17, 15) is 4.79 Å². The summed E-state index contributed by atoms with van der Waals surface area (Å²) in [7, 11) is 0. The molecule has 1 amide bonds. The topological polar surface area (TPSA) is 71.7 Å². The summed E-state index contributed by atoms with van der Waals surface area (Å²) >= 11 is 1.57. The number of amides is 1. The van der Waals surface area contributed by atoms with E-state index < -0.39 is 0 Å². The molecule has 0 unspecified atom stereocenters. The van der Waals surface area contributed by atoms with Crippen LogP contribution in [0, 0.1) is 0 Å². The first-order chi connectivity index (χ1) is 14.7. The first-order valence-electron chi connectivity index (χ1n) is 10.4. The molecule has 0 spiro atoms. The molecular weight excluding hydrogens is 400 g/mol. The first-order valence-corrected chi connectivity index (χ1v) is 11.2. The Kier molecular flexibility index (Phi) is 5.50. The summed E-state index contributed by atoms with van der Waals surface area (Å²) in [5, 5.41) is 5.98. The molecular formula is C22H24N4O3S. The van der Waals surface area contributed by atoms with Gasteiger partial charge in [-0.05, 0) is 28.6 Å². The van der Waals surface area contributed by atoms with Gasteiger partial charge in [0.05, 0.1) is 11.5 Å². The number of aryl methyl sites for hydroxylation is 1. The minimum atomic E-state index is 0.153. The monoisotopic (exact) mass is 424 g/mol. The van der Waals surface area contributed by atoms with Crippen LogP contribution in [-0.2, 0) is 24.2 Å². The van der Waals surface area contributed by atoms with Crippen molar-refractivity contribution in [3.05, 3.63) is 52.7 Å². The molecule has 2 aliphatic heterocycles. The van der Waals surface area contributed by atoms with E-state index in [0.717, 1.165) is 56.4 Å². The maximum absolute atomic E-state index is 12.6. The number of thiophene rings is 1. The van der Waals surface area contributed by atoms with Crippen LogP contribution in [0.3, 0.4) is 0 Å². The Hall–Kier alpha value is -2.71. The predicted octanol–water partition coefficient (Wildman–Crippen LogP) is 3.01. The fraction of sp³-hybridized carbons (Fsp3) is 0.409. The Morgan fingerprint density at radius 2 is 2.07 bits per heavy atom. The van der Waals surface area contributed by atoms with E-state index in [0.29, 0.717) is 24.6 Å². The van der Waals surface area contributed by atoms with Crippen LogP contribution in [0.1, 0.15) is 23.4 Å². The van der Waals surface area contributed by atoms with E-state index in [1.165, 1.54) is 11.1 Å². The fourth-order valence-electron chi connectivity index (χ4n) is 3.99. The van der Waals surface area contributed by atoms with Crippen molar-refractivity contribution in [1.82, 2.24) is 19.9 Å². The second kappa shape index (κ2) is 8.57. The maximum atomic E-state index is 12.6. The standard InChI is InChI=1S/C22H24N4O3S/c27-21(6-5-20-23-22(24-29-20)19-2-1-13-30-19)26-10-8-25(9-11-26)15-16-3-4-18-17(14-16)7-12-28-18/h1-4,13-14H,5-12,15H2. The van der Waals surface area contributed by atoms with Crippen molar-refractivity contribution in [3.63, 3.8) is 0 Å². The van der Waals surface area contributed by atoms with Crippen LogP contribution in [0.2, 0.25) is 0 Å². The van der Waals surface area contributed by atoms with E-state index in [-0.39, 0.29) is 5.91 Å². The molecule has 1 saturated heterocycles. The molecule has 0 N–H and O–H groups in total. The molecule has 0 aliphatic carbocycles. The highest BCUT2D eigenvalue weighted by Gasteiger charge is 2.22. The number of hydrogen-bond acceptors (Lipinski definition) is 7. The third-order valence-electron chi connectivity index (χ3n) is 5.65. The number of carbonyl (C=O) groups excluding carboxylic acids is 1. The summed E-state index contributed by atoms with van der Waals surface area (Å²) in [4.78, 5) is 22.3. The Labute approximate surface area is 179 Å². The number of benzene rings is 1. The minimum Gasteiger partial charge on any atom is -0.493 e. The van der Waals surface area contributed by atoms with Crippen molar-refractivity contribution in [3.8, 4) is 16.5 Å². The number of fused-ring (bicyclic) bond motifs is 1. The van der Waals surface area contributed by atoms with Crippen molar-refractivity contribution in [2.24, 2.45) is 0 Å². The number of ether oxygens (including phenoxy) is 1. The van der Waals surface area contributed by atoms with Gasteiger partial charge in [0.15, 0.2) is 0 Å². The Morgan fingerprint density at radius 3 is 2.90 bits per heavy atom. The molecule has 5 rings (SSSR count). The molecule has 3 aromatic rings. The van der Waals surface area contributed by atoms with Crippen LogP contribution in [-0.4, -0.2) is 58.6 Å². The summed E-state index contributed by atoms with van der Waals surface area (Å²) in [6, 6.07) is 10.4. The molecule has 0 atom stereocenters. The zero-order chi connectivity index (χ0) is 20.3. The highest BCUT2D eigenvalue weighted by molar-refractivity contribution is 7.13. The third kappa shape index (κ3) is 4.24. The Morgan fingerprint density at radius 1 is 1.17 bits per heavy atom. The number of nitrogens with zero attached hydrogens (tertiary/aromatic N) is 4. The lowest BCUT2D eigenvalue weighted by Gasteiger charge is -2.34. The van der Waals surface area contributed by atoms with Crippen molar-refractivity contribution >= 4 is 17.2 Å². The second-order valence-electron chi connectivity index (χ2n) is 7.69. The smallest absolute Gasteiger partial charge is 0.227 e. The summed E-state index contributed by atoms with van der Waals surface area (Å²) in [5.74, 6) is 2.29. The molecule has 4 heterocycles. The molecule has 7 nitrogen and oxygen atoms in total. The van der Waals surface area contributed by atoms with E-state index in [1.54, 1.807) is 11.3 Å². The zero-order valence-electron chi connectivity index (χ0n) is 16.7. The largest absolute Gasteiger partial charge is 0.493 e. The van der Waals surface area contributed by atoms with Crippen molar-refractivity contribution in [1.29, 1.82) is 0 Å².